The fraction of sp³-hybridized carbons (Fsp3) is 0.769. The standard InChI is InChI=1S/C13H16Cl3NO4S/c1-6(18)4-7-9(19)17-8(12(2,3)22-10(7)17)11(20)21-5-13(14,15)16/h7-8,10H,4-5H2,1-3H3/t7-,8+,10-/m1/s1. The molecule has 0 spiro atoms. The quantitative estimate of drug-likeness (QED) is 0.421. The summed E-state index contributed by atoms with van der Waals surface area (Å²) in [5.41, 5.74) is 0. The summed E-state index contributed by atoms with van der Waals surface area (Å²) in [6.45, 7) is 4.79. The van der Waals surface area contributed by atoms with Crippen LogP contribution in [-0.2, 0) is 19.1 Å². The minimum atomic E-state index is -1.69. The molecule has 0 aromatic carbocycles. The van der Waals surface area contributed by atoms with E-state index in [9.17, 15) is 14.4 Å². The minimum absolute atomic E-state index is 0.0429. The molecule has 2 aliphatic rings. The number of esters is 1. The molecule has 2 fully saturated rings. The number of thioether (sulfide) groups is 1. The second-order valence-electron chi connectivity index (χ2n) is 6.00. The van der Waals surface area contributed by atoms with Gasteiger partial charge in [0.1, 0.15) is 18.4 Å². The number of hydrogen-bond acceptors (Lipinski definition) is 5. The van der Waals surface area contributed by atoms with Gasteiger partial charge in [0.05, 0.1) is 11.3 Å². The lowest BCUT2D eigenvalue weighted by Gasteiger charge is -2.43. The molecule has 3 atom stereocenters. The smallest absolute Gasteiger partial charge is 0.330 e. The molecule has 22 heavy (non-hydrogen) atoms. The van der Waals surface area contributed by atoms with Gasteiger partial charge in [-0.2, -0.15) is 0 Å². The van der Waals surface area contributed by atoms with Gasteiger partial charge >= 0.3 is 5.97 Å². The van der Waals surface area contributed by atoms with Gasteiger partial charge in [0.15, 0.2) is 0 Å². The van der Waals surface area contributed by atoms with Crippen LogP contribution in [0.3, 0.4) is 0 Å². The van der Waals surface area contributed by atoms with Crippen LogP contribution in [-0.4, -0.2) is 49.1 Å². The van der Waals surface area contributed by atoms with Gasteiger partial charge in [-0.05, 0) is 20.8 Å². The average molecular weight is 389 g/mol. The zero-order valence-corrected chi connectivity index (χ0v) is 15.4. The molecule has 0 aliphatic carbocycles. The maximum atomic E-state index is 12.3. The highest BCUT2D eigenvalue weighted by atomic mass is 35.6. The first kappa shape index (κ1) is 18.2. The Hall–Kier alpha value is -0.170. The fourth-order valence-corrected chi connectivity index (χ4v) is 4.64. The molecular weight excluding hydrogens is 373 g/mol. The van der Waals surface area contributed by atoms with Crippen LogP contribution in [0.25, 0.3) is 0 Å². The number of alkyl halides is 3. The molecule has 9 heteroatoms. The molecule has 2 aliphatic heterocycles. The molecule has 0 aromatic rings. The lowest BCUT2D eigenvalue weighted by Crippen LogP contribution is -2.63. The van der Waals surface area contributed by atoms with Crippen molar-refractivity contribution in [1.29, 1.82) is 0 Å². The summed E-state index contributed by atoms with van der Waals surface area (Å²) in [4.78, 5) is 37.3. The van der Waals surface area contributed by atoms with Crippen molar-refractivity contribution in [3.8, 4) is 0 Å². The zero-order valence-electron chi connectivity index (χ0n) is 12.3. The molecule has 0 bridgehead atoms. The number of carbonyl (C=O) groups is 3. The van der Waals surface area contributed by atoms with E-state index in [1.54, 1.807) is 0 Å². The molecule has 0 unspecified atom stereocenters. The first-order valence-corrected chi connectivity index (χ1v) is 8.68. The Morgan fingerprint density at radius 3 is 2.45 bits per heavy atom. The molecule has 0 saturated carbocycles. The summed E-state index contributed by atoms with van der Waals surface area (Å²) in [6, 6.07) is -0.745. The first-order chi connectivity index (χ1) is 9.94. The summed E-state index contributed by atoms with van der Waals surface area (Å²) in [5, 5.41) is -0.184. The lowest BCUT2D eigenvalue weighted by molar-refractivity contribution is -0.167. The van der Waals surface area contributed by atoms with Crippen molar-refractivity contribution in [1.82, 2.24) is 4.90 Å². The van der Waals surface area contributed by atoms with E-state index in [1.165, 1.54) is 23.6 Å². The van der Waals surface area contributed by atoms with Crippen LogP contribution in [0, 0.1) is 5.92 Å². The number of rotatable bonds is 4. The van der Waals surface area contributed by atoms with Crippen molar-refractivity contribution in [3.05, 3.63) is 0 Å². The van der Waals surface area contributed by atoms with Crippen molar-refractivity contribution in [2.45, 2.75) is 47.1 Å². The molecular formula is C13H16Cl3NO4S. The third-order valence-corrected chi connectivity index (χ3v) is 5.62. The summed E-state index contributed by atoms with van der Waals surface area (Å²) in [6.07, 6.45) is 0.193. The van der Waals surface area contributed by atoms with Crippen LogP contribution >= 0.6 is 46.6 Å². The Morgan fingerprint density at radius 2 is 1.95 bits per heavy atom. The molecule has 1 amide bonds. The van der Waals surface area contributed by atoms with Crippen LogP contribution in [0.1, 0.15) is 27.2 Å². The summed E-state index contributed by atoms with van der Waals surface area (Å²) in [5.74, 6) is -1.21. The molecule has 2 rings (SSSR count). The average Bonchev–Trinajstić information content (AvgIpc) is 2.61. The van der Waals surface area contributed by atoms with Crippen molar-refractivity contribution >= 4 is 64.2 Å². The second kappa shape index (κ2) is 6.04. The number of nitrogens with zero attached hydrogens (tertiary/aromatic N) is 1. The summed E-state index contributed by atoms with van der Waals surface area (Å²) < 4.78 is 2.81. The Morgan fingerprint density at radius 1 is 1.36 bits per heavy atom. The predicted octanol–water partition coefficient (Wildman–Crippen LogP) is 2.56. The van der Waals surface area contributed by atoms with Crippen molar-refractivity contribution in [2.75, 3.05) is 6.61 Å². The monoisotopic (exact) mass is 387 g/mol. The molecule has 0 N–H and O–H groups in total. The number of ketones is 1. The minimum Gasteiger partial charge on any atom is -0.460 e. The normalized spacial score (nSPS) is 29.8. The molecule has 2 saturated heterocycles. The maximum absolute atomic E-state index is 12.3. The van der Waals surface area contributed by atoms with Crippen molar-refractivity contribution < 1.29 is 19.1 Å². The third kappa shape index (κ3) is 3.50. The Labute approximate surface area is 147 Å². The van der Waals surface area contributed by atoms with Gasteiger partial charge in [0.25, 0.3) is 0 Å². The molecule has 2 heterocycles. The largest absolute Gasteiger partial charge is 0.460 e. The van der Waals surface area contributed by atoms with Gasteiger partial charge in [-0.1, -0.05) is 34.8 Å². The van der Waals surface area contributed by atoms with E-state index in [0.717, 1.165) is 0 Å². The van der Waals surface area contributed by atoms with Crippen LogP contribution in [0.2, 0.25) is 0 Å². The number of ether oxygens (including phenoxy) is 1. The first-order valence-electron chi connectivity index (χ1n) is 6.67. The van der Waals surface area contributed by atoms with Gasteiger partial charge in [-0.15, -0.1) is 11.8 Å². The van der Waals surface area contributed by atoms with E-state index >= 15 is 0 Å². The van der Waals surface area contributed by atoms with Crippen molar-refractivity contribution in [3.63, 3.8) is 0 Å². The van der Waals surface area contributed by atoms with Gasteiger partial charge in [-0.25, -0.2) is 4.79 Å². The lowest BCUT2D eigenvalue weighted by atomic mass is 9.88. The van der Waals surface area contributed by atoms with Gasteiger partial charge in [0.2, 0.25) is 9.70 Å². The summed E-state index contributed by atoms with van der Waals surface area (Å²) >= 11 is 18.2. The number of amides is 1. The Kier molecular flexibility index (Phi) is 4.99. The molecule has 0 radical (unpaired) electrons. The highest BCUT2D eigenvalue weighted by Crippen LogP contribution is 2.54. The van der Waals surface area contributed by atoms with E-state index < -0.39 is 20.6 Å². The topological polar surface area (TPSA) is 63.7 Å². The third-order valence-electron chi connectivity index (χ3n) is 3.66. The van der Waals surface area contributed by atoms with Crippen LogP contribution in [0.15, 0.2) is 0 Å². The molecule has 5 nitrogen and oxygen atoms in total. The van der Waals surface area contributed by atoms with E-state index in [1.807, 2.05) is 13.8 Å². The number of β-lactam (4-membered cyclic amide) rings is 1. The summed E-state index contributed by atoms with van der Waals surface area (Å²) in [7, 11) is 0. The van der Waals surface area contributed by atoms with E-state index in [-0.39, 0.29) is 36.0 Å². The van der Waals surface area contributed by atoms with E-state index in [0.29, 0.717) is 0 Å². The Bertz CT molecular complexity index is 520. The van der Waals surface area contributed by atoms with Crippen molar-refractivity contribution in [2.24, 2.45) is 5.92 Å². The van der Waals surface area contributed by atoms with E-state index in [2.05, 4.69) is 0 Å². The van der Waals surface area contributed by atoms with Gasteiger partial charge < -0.3 is 14.4 Å². The highest BCUT2D eigenvalue weighted by molar-refractivity contribution is 8.01. The van der Waals surface area contributed by atoms with Crippen LogP contribution in [0.5, 0.6) is 0 Å². The van der Waals surface area contributed by atoms with Gasteiger partial charge in [-0.3, -0.25) is 4.79 Å². The number of halogens is 3. The zero-order chi connectivity index (χ0) is 16.9. The molecule has 0 aromatic heterocycles. The van der Waals surface area contributed by atoms with Crippen LogP contribution < -0.4 is 0 Å². The second-order valence-corrected chi connectivity index (χ2v) is 10.3. The number of carbonyl (C=O) groups excluding carboxylic acids is 3. The number of hydrogen-bond donors (Lipinski definition) is 0. The number of Topliss-reactive ketones (excluding diaryl/α,β-unsaturated/α-hetero) is 1. The number of fused-ring (bicyclic) bond motifs is 1. The van der Waals surface area contributed by atoms with Crippen LogP contribution in [0.4, 0.5) is 0 Å². The van der Waals surface area contributed by atoms with Gasteiger partial charge in [0, 0.05) is 11.2 Å². The Balaban J connectivity index is 2.11. The SMILES string of the molecule is CC(=O)C[C@@H]1C(=O)N2[C@@H]1SC(C)(C)[C@@H]2C(=O)OCC(Cl)(Cl)Cl. The fourth-order valence-electron chi connectivity index (χ4n) is 2.80. The highest BCUT2D eigenvalue weighted by Gasteiger charge is 2.64. The molecule has 124 valence electrons. The predicted molar refractivity (Wildman–Crippen MR) is 86.1 cm³/mol. The maximum Gasteiger partial charge on any atom is 0.330 e. The van der Waals surface area contributed by atoms with E-state index in [4.69, 9.17) is 39.5 Å².